The van der Waals surface area contributed by atoms with Crippen LogP contribution in [0.15, 0.2) is 142 Å². The van der Waals surface area contributed by atoms with E-state index in [-0.39, 0.29) is 0 Å². The van der Waals surface area contributed by atoms with Crippen LogP contribution in [0, 0.1) is 5.92 Å². The Hall–Kier alpha value is -4.20. The molecular weight excluding hydrogens is 653 g/mol. The van der Waals surface area contributed by atoms with Crippen LogP contribution in [0.3, 0.4) is 0 Å². The Balaban J connectivity index is 1.10. The quantitative estimate of drug-likeness (QED) is 0.136. The van der Waals surface area contributed by atoms with E-state index in [4.69, 9.17) is 9.47 Å². The molecule has 0 bridgehead atoms. The van der Waals surface area contributed by atoms with E-state index in [9.17, 15) is 0 Å². The fraction of sp³-hybridized carbons (Fsp3) is 0.250. The number of nitrogens with zero attached hydrogens (tertiary/aromatic N) is 2. The van der Waals surface area contributed by atoms with Crippen molar-refractivity contribution in [3.63, 3.8) is 0 Å². The van der Waals surface area contributed by atoms with Crippen LogP contribution in [0.1, 0.15) is 30.7 Å². The van der Waals surface area contributed by atoms with Crippen molar-refractivity contribution < 1.29 is 14.0 Å². The zero-order valence-corrected chi connectivity index (χ0v) is 30.4. The SMILES string of the molecule is COCCN1C(=CC2=CC3=CC(=Cc4sc5cc(-c6ccccc6)ccc5[n+]4CCOC)CCC3CC2)Sc2ccc(-c3ccccc3)cc21. The molecule has 1 unspecified atom stereocenters. The van der Waals surface area contributed by atoms with Gasteiger partial charge in [-0.1, -0.05) is 102 Å². The van der Waals surface area contributed by atoms with Crippen molar-refractivity contribution in [2.24, 2.45) is 5.92 Å². The highest BCUT2D eigenvalue weighted by atomic mass is 32.2. The van der Waals surface area contributed by atoms with Crippen LogP contribution in [0.25, 0.3) is 38.5 Å². The number of anilines is 1. The van der Waals surface area contributed by atoms with E-state index in [0.717, 1.165) is 25.9 Å². The number of allylic oxidation sites excluding steroid dienone is 6. The number of aromatic nitrogens is 1. The van der Waals surface area contributed by atoms with Crippen LogP contribution in [0.4, 0.5) is 5.69 Å². The second kappa shape index (κ2) is 15.0. The topological polar surface area (TPSA) is 25.6 Å². The molecule has 0 amide bonds. The number of hydrogen-bond acceptors (Lipinski definition) is 5. The van der Waals surface area contributed by atoms with Crippen LogP contribution in [0.2, 0.25) is 0 Å². The average Bonchev–Trinajstić information content (AvgIpc) is 3.68. The lowest BCUT2D eigenvalue weighted by Crippen LogP contribution is -2.37. The lowest BCUT2D eigenvalue weighted by molar-refractivity contribution is -0.670. The Morgan fingerprint density at radius 3 is 2.24 bits per heavy atom. The number of fused-ring (bicyclic) bond motifs is 3. The maximum absolute atomic E-state index is 5.56. The third kappa shape index (κ3) is 6.90. The Labute approximate surface area is 304 Å². The molecule has 5 aromatic rings. The van der Waals surface area contributed by atoms with Gasteiger partial charge >= 0.3 is 0 Å². The van der Waals surface area contributed by atoms with Crippen molar-refractivity contribution in [1.29, 1.82) is 0 Å². The summed E-state index contributed by atoms with van der Waals surface area (Å²) in [5.41, 5.74) is 11.9. The van der Waals surface area contributed by atoms with Crippen molar-refractivity contribution in [3.8, 4) is 22.3 Å². The zero-order valence-electron chi connectivity index (χ0n) is 28.8. The highest BCUT2D eigenvalue weighted by molar-refractivity contribution is 8.03. The normalized spacial score (nSPS) is 18.8. The first-order valence-electron chi connectivity index (χ1n) is 17.7. The number of thiazole rings is 1. The summed E-state index contributed by atoms with van der Waals surface area (Å²) in [6.07, 6.45) is 14.5. The predicted octanol–water partition coefficient (Wildman–Crippen LogP) is 10.7. The van der Waals surface area contributed by atoms with Crippen molar-refractivity contribution in [2.75, 3.05) is 38.9 Å². The van der Waals surface area contributed by atoms with Gasteiger partial charge in [-0.05, 0) is 101 Å². The van der Waals surface area contributed by atoms with E-state index in [2.05, 4.69) is 131 Å². The lowest BCUT2D eigenvalue weighted by atomic mass is 9.77. The minimum absolute atomic E-state index is 0.636. The van der Waals surface area contributed by atoms with E-state index < -0.39 is 0 Å². The number of hydrogen-bond donors (Lipinski definition) is 0. The molecule has 50 heavy (non-hydrogen) atoms. The highest BCUT2D eigenvalue weighted by Gasteiger charge is 2.28. The van der Waals surface area contributed by atoms with E-state index in [0.29, 0.717) is 19.1 Å². The number of benzene rings is 4. The van der Waals surface area contributed by atoms with E-state index >= 15 is 0 Å². The van der Waals surface area contributed by atoms with Crippen LogP contribution < -0.4 is 9.47 Å². The van der Waals surface area contributed by atoms with Gasteiger partial charge in [-0.15, -0.1) is 0 Å². The van der Waals surface area contributed by atoms with E-state index in [1.807, 2.05) is 23.1 Å². The Morgan fingerprint density at radius 2 is 1.48 bits per heavy atom. The molecule has 252 valence electrons. The molecule has 3 aliphatic rings. The summed E-state index contributed by atoms with van der Waals surface area (Å²) in [7, 11) is 3.58. The van der Waals surface area contributed by atoms with Crippen LogP contribution in [0.5, 0.6) is 0 Å². The molecule has 0 radical (unpaired) electrons. The first-order valence-corrected chi connectivity index (χ1v) is 19.3. The van der Waals surface area contributed by atoms with Gasteiger partial charge in [0.2, 0.25) is 5.52 Å². The second-order valence-electron chi connectivity index (χ2n) is 13.3. The van der Waals surface area contributed by atoms with Crippen molar-refractivity contribution in [3.05, 3.63) is 142 Å². The Kier molecular flexibility index (Phi) is 9.86. The van der Waals surface area contributed by atoms with Crippen molar-refractivity contribution >= 4 is 45.1 Å². The third-order valence-electron chi connectivity index (χ3n) is 10.1. The molecule has 0 saturated carbocycles. The van der Waals surface area contributed by atoms with Crippen LogP contribution in [-0.2, 0) is 16.0 Å². The molecular formula is C44H43N2O2S2+. The monoisotopic (exact) mass is 695 g/mol. The van der Waals surface area contributed by atoms with Crippen molar-refractivity contribution in [2.45, 2.75) is 37.1 Å². The summed E-state index contributed by atoms with van der Waals surface area (Å²) >= 11 is 3.77. The number of rotatable bonds is 10. The molecule has 1 atom stereocenters. The third-order valence-corrected chi connectivity index (χ3v) is 12.3. The molecule has 4 aromatic carbocycles. The fourth-order valence-electron chi connectivity index (χ4n) is 7.42. The average molecular weight is 696 g/mol. The molecule has 0 N–H and O–H groups in total. The van der Waals surface area contributed by atoms with E-state index in [1.165, 1.54) is 82.7 Å². The Bertz CT molecular complexity index is 2130. The molecule has 4 nitrogen and oxygen atoms in total. The van der Waals surface area contributed by atoms with Crippen molar-refractivity contribution in [1.82, 2.24) is 0 Å². The standard InChI is InChI=1S/C44H43N2O2S2/c1-47-23-21-45-39-19-17-37(34-11-7-4-8-12-34)30-42(39)50-43(45)27-31-13-15-35-16-14-32(26-38(35)25-31)28-44-46(22-24-48-2)40-29-36(18-20-41(40)49-44)33-9-5-3-6-10-33/h3-12,17-20,25-30,35H,13-16,21-24H2,1-2H3/q+1. The van der Waals surface area contributed by atoms with Crippen LogP contribution >= 0.6 is 23.1 Å². The summed E-state index contributed by atoms with van der Waals surface area (Å²) in [6.45, 7) is 3.04. The molecule has 6 heteroatoms. The number of thioether (sulfide) groups is 1. The predicted molar refractivity (Wildman–Crippen MR) is 210 cm³/mol. The molecule has 0 fully saturated rings. The molecule has 0 spiro atoms. The fourth-order valence-corrected chi connectivity index (χ4v) is 9.77. The number of ether oxygens (including phenoxy) is 2. The van der Waals surface area contributed by atoms with Gasteiger partial charge < -0.3 is 14.4 Å². The minimum atomic E-state index is 0.636. The maximum Gasteiger partial charge on any atom is 0.263 e. The molecule has 8 rings (SSSR count). The smallest absolute Gasteiger partial charge is 0.263 e. The van der Waals surface area contributed by atoms with E-state index in [1.54, 1.807) is 14.2 Å². The van der Waals surface area contributed by atoms with Gasteiger partial charge in [-0.2, -0.15) is 4.57 Å². The van der Waals surface area contributed by atoms with Gasteiger partial charge in [0.1, 0.15) is 11.3 Å². The summed E-state index contributed by atoms with van der Waals surface area (Å²) in [5, 5.41) is 2.58. The highest BCUT2D eigenvalue weighted by Crippen LogP contribution is 2.48. The Morgan fingerprint density at radius 1 is 0.760 bits per heavy atom. The lowest BCUT2D eigenvalue weighted by Gasteiger charge is -2.28. The summed E-state index contributed by atoms with van der Waals surface area (Å²) in [6, 6.07) is 35.1. The van der Waals surface area contributed by atoms with Gasteiger partial charge in [0.05, 0.1) is 17.3 Å². The van der Waals surface area contributed by atoms with Gasteiger partial charge in [0, 0.05) is 37.8 Å². The van der Waals surface area contributed by atoms with Crippen LogP contribution in [-0.4, -0.2) is 34.0 Å². The summed E-state index contributed by atoms with van der Waals surface area (Å²) in [4.78, 5) is 3.76. The first kappa shape index (κ1) is 33.0. The van der Waals surface area contributed by atoms with Gasteiger partial charge in [0.15, 0.2) is 6.54 Å². The molecule has 2 aliphatic carbocycles. The number of methoxy groups -OCH3 is 2. The largest absolute Gasteiger partial charge is 0.383 e. The second-order valence-corrected chi connectivity index (χ2v) is 15.4. The maximum atomic E-state index is 5.56. The molecule has 1 aromatic heterocycles. The van der Waals surface area contributed by atoms with Gasteiger partial charge in [0.25, 0.3) is 5.01 Å². The minimum Gasteiger partial charge on any atom is -0.383 e. The molecule has 1 aliphatic heterocycles. The van der Waals surface area contributed by atoms with Gasteiger partial charge in [-0.3, -0.25) is 0 Å². The zero-order chi connectivity index (χ0) is 33.9. The first-order chi connectivity index (χ1) is 24.7. The summed E-state index contributed by atoms with van der Waals surface area (Å²) in [5.74, 6) is 0.636. The molecule has 0 saturated heterocycles. The summed E-state index contributed by atoms with van der Waals surface area (Å²) < 4.78 is 14.9. The molecule has 2 heterocycles. The van der Waals surface area contributed by atoms with Gasteiger partial charge in [-0.25, -0.2) is 0 Å².